The highest BCUT2D eigenvalue weighted by molar-refractivity contribution is 6.31. The number of fused-ring (bicyclic) bond motifs is 1. The minimum atomic E-state index is 0.687. The number of aryl methyl sites for hydroxylation is 1. The summed E-state index contributed by atoms with van der Waals surface area (Å²) < 4.78 is 1.91. The topological polar surface area (TPSA) is 58.5 Å². The molecule has 0 amide bonds. The molecule has 2 aromatic carbocycles. The van der Waals surface area contributed by atoms with Crippen LogP contribution < -0.4 is 5.32 Å². The molecule has 2 aromatic heterocycles. The molecule has 5 nitrogen and oxygen atoms in total. The molecule has 0 saturated carbocycles. The van der Waals surface area contributed by atoms with Gasteiger partial charge in [0, 0.05) is 35.3 Å². The van der Waals surface area contributed by atoms with Gasteiger partial charge in [0.2, 0.25) is 0 Å². The third-order valence-corrected chi connectivity index (χ3v) is 4.46. The van der Waals surface area contributed by atoms with Gasteiger partial charge in [-0.05, 0) is 36.8 Å². The van der Waals surface area contributed by atoms with E-state index in [0.717, 1.165) is 39.4 Å². The van der Waals surface area contributed by atoms with Gasteiger partial charge in [0.25, 0.3) is 0 Å². The molecule has 0 radical (unpaired) electrons. The van der Waals surface area contributed by atoms with Crippen molar-refractivity contribution in [3.05, 3.63) is 76.7 Å². The molecule has 0 fully saturated rings. The normalized spacial score (nSPS) is 11.3. The van der Waals surface area contributed by atoms with E-state index in [1.807, 2.05) is 41.2 Å². The van der Waals surface area contributed by atoms with Crippen molar-refractivity contribution in [3.8, 4) is 5.69 Å². The Hall–Kier alpha value is -2.63. The molecular formula is C19H18ClN5. The van der Waals surface area contributed by atoms with Gasteiger partial charge in [-0.25, -0.2) is 4.68 Å². The first kappa shape index (κ1) is 15.9. The summed E-state index contributed by atoms with van der Waals surface area (Å²) in [5, 5.41) is 17.0. The van der Waals surface area contributed by atoms with Gasteiger partial charge in [-0.2, -0.15) is 10.2 Å². The third kappa shape index (κ3) is 3.29. The molecule has 2 N–H and O–H groups in total. The van der Waals surface area contributed by atoms with Crippen molar-refractivity contribution in [2.45, 2.75) is 20.0 Å². The van der Waals surface area contributed by atoms with E-state index >= 15 is 0 Å². The van der Waals surface area contributed by atoms with Gasteiger partial charge in [-0.1, -0.05) is 29.8 Å². The van der Waals surface area contributed by atoms with Crippen LogP contribution in [0.15, 0.2) is 54.9 Å². The second kappa shape index (κ2) is 6.70. The number of aromatic amines is 1. The van der Waals surface area contributed by atoms with Gasteiger partial charge in [0.15, 0.2) is 0 Å². The van der Waals surface area contributed by atoms with E-state index in [9.17, 15) is 0 Å². The third-order valence-electron chi connectivity index (χ3n) is 4.22. The highest BCUT2D eigenvalue weighted by atomic mass is 35.5. The van der Waals surface area contributed by atoms with E-state index in [2.05, 4.69) is 45.9 Å². The summed E-state index contributed by atoms with van der Waals surface area (Å²) in [4.78, 5) is 0. The van der Waals surface area contributed by atoms with Gasteiger partial charge in [0.05, 0.1) is 23.1 Å². The van der Waals surface area contributed by atoms with Crippen molar-refractivity contribution in [2.75, 3.05) is 0 Å². The number of para-hydroxylation sites is 1. The molecule has 25 heavy (non-hydrogen) atoms. The Morgan fingerprint density at radius 2 is 2.04 bits per heavy atom. The Labute approximate surface area is 150 Å². The number of halogens is 1. The lowest BCUT2D eigenvalue weighted by Crippen LogP contribution is -2.12. The lowest BCUT2D eigenvalue weighted by molar-refractivity contribution is 0.680. The van der Waals surface area contributed by atoms with Crippen LogP contribution in [0.3, 0.4) is 0 Å². The van der Waals surface area contributed by atoms with Gasteiger partial charge in [0.1, 0.15) is 0 Å². The second-order valence-corrected chi connectivity index (χ2v) is 6.48. The van der Waals surface area contributed by atoms with E-state index in [0.29, 0.717) is 6.54 Å². The summed E-state index contributed by atoms with van der Waals surface area (Å²) in [7, 11) is 0. The molecule has 0 aliphatic carbocycles. The summed E-state index contributed by atoms with van der Waals surface area (Å²) in [5.41, 5.74) is 5.39. The maximum atomic E-state index is 6.08. The number of nitrogens with zero attached hydrogens (tertiary/aromatic N) is 3. The summed E-state index contributed by atoms with van der Waals surface area (Å²) in [6.45, 7) is 3.50. The minimum absolute atomic E-state index is 0.687. The first-order chi connectivity index (χ1) is 12.2. The maximum absolute atomic E-state index is 6.08. The van der Waals surface area contributed by atoms with Gasteiger partial charge in [-0.15, -0.1) is 0 Å². The van der Waals surface area contributed by atoms with Crippen molar-refractivity contribution >= 4 is 22.5 Å². The molecule has 0 spiro atoms. The van der Waals surface area contributed by atoms with E-state index in [-0.39, 0.29) is 0 Å². The average Bonchev–Trinajstić information content (AvgIpc) is 3.23. The molecule has 4 rings (SSSR count). The Morgan fingerprint density at radius 3 is 2.92 bits per heavy atom. The largest absolute Gasteiger partial charge is 0.307 e. The van der Waals surface area contributed by atoms with Crippen LogP contribution in [-0.2, 0) is 13.1 Å². The Bertz CT molecular complexity index is 1020. The molecule has 126 valence electrons. The SMILES string of the molecule is Cc1ccccc1-n1cc(CNCc2[nH]nc3ccc(Cl)cc23)cn1. The van der Waals surface area contributed by atoms with Gasteiger partial charge >= 0.3 is 0 Å². The van der Waals surface area contributed by atoms with Crippen molar-refractivity contribution in [1.29, 1.82) is 0 Å². The lowest BCUT2D eigenvalue weighted by atomic mass is 10.2. The van der Waals surface area contributed by atoms with E-state index < -0.39 is 0 Å². The number of rotatable bonds is 5. The fourth-order valence-electron chi connectivity index (χ4n) is 2.91. The quantitative estimate of drug-likeness (QED) is 0.571. The van der Waals surface area contributed by atoms with Crippen LogP contribution in [0.5, 0.6) is 0 Å². The van der Waals surface area contributed by atoms with Crippen LogP contribution in [-0.4, -0.2) is 20.0 Å². The van der Waals surface area contributed by atoms with Crippen molar-refractivity contribution < 1.29 is 0 Å². The fraction of sp³-hybridized carbons (Fsp3) is 0.158. The number of nitrogens with one attached hydrogen (secondary N) is 2. The zero-order chi connectivity index (χ0) is 17.2. The highest BCUT2D eigenvalue weighted by Crippen LogP contribution is 2.20. The summed E-state index contributed by atoms with van der Waals surface area (Å²) in [6, 6.07) is 13.9. The van der Waals surface area contributed by atoms with Crippen LogP contribution in [0.4, 0.5) is 0 Å². The summed E-state index contributed by atoms with van der Waals surface area (Å²) in [5.74, 6) is 0. The zero-order valence-electron chi connectivity index (χ0n) is 13.8. The average molecular weight is 352 g/mol. The molecule has 0 aliphatic heterocycles. The highest BCUT2D eigenvalue weighted by Gasteiger charge is 2.07. The Balaban J connectivity index is 1.44. The predicted octanol–water partition coefficient (Wildman–Crippen LogP) is 4.00. The van der Waals surface area contributed by atoms with Crippen LogP contribution in [0, 0.1) is 6.92 Å². The molecular weight excluding hydrogens is 334 g/mol. The van der Waals surface area contributed by atoms with Crippen molar-refractivity contribution in [1.82, 2.24) is 25.3 Å². The van der Waals surface area contributed by atoms with Crippen LogP contribution >= 0.6 is 11.6 Å². The van der Waals surface area contributed by atoms with E-state index in [1.54, 1.807) is 0 Å². The van der Waals surface area contributed by atoms with E-state index in [4.69, 9.17) is 11.6 Å². The first-order valence-electron chi connectivity index (χ1n) is 8.13. The summed E-state index contributed by atoms with van der Waals surface area (Å²) >= 11 is 6.08. The second-order valence-electron chi connectivity index (χ2n) is 6.05. The smallest absolute Gasteiger partial charge is 0.0925 e. The van der Waals surface area contributed by atoms with Gasteiger partial charge in [-0.3, -0.25) is 5.10 Å². The molecule has 4 aromatic rings. The molecule has 6 heteroatoms. The van der Waals surface area contributed by atoms with E-state index in [1.165, 1.54) is 5.56 Å². The van der Waals surface area contributed by atoms with Crippen molar-refractivity contribution in [3.63, 3.8) is 0 Å². The van der Waals surface area contributed by atoms with Crippen LogP contribution in [0.1, 0.15) is 16.8 Å². The number of aromatic nitrogens is 4. The number of H-pyrrole nitrogens is 1. The Kier molecular flexibility index (Phi) is 4.26. The molecule has 0 bridgehead atoms. The number of benzene rings is 2. The molecule has 0 aliphatic rings. The van der Waals surface area contributed by atoms with Gasteiger partial charge < -0.3 is 5.32 Å². The van der Waals surface area contributed by atoms with Crippen LogP contribution in [0.25, 0.3) is 16.6 Å². The number of hydrogen-bond donors (Lipinski definition) is 2. The standard InChI is InChI=1S/C19H18ClN5/c1-13-4-2-3-5-19(13)25-12-14(10-22-25)9-21-11-18-16-8-15(20)6-7-17(16)23-24-18/h2-8,10,12,21H,9,11H2,1H3,(H,23,24). The molecule has 0 unspecified atom stereocenters. The van der Waals surface area contributed by atoms with Crippen LogP contribution in [0.2, 0.25) is 5.02 Å². The predicted molar refractivity (Wildman–Crippen MR) is 99.9 cm³/mol. The summed E-state index contributed by atoms with van der Waals surface area (Å²) in [6.07, 6.45) is 3.94. The fourth-order valence-corrected chi connectivity index (χ4v) is 3.08. The number of hydrogen-bond acceptors (Lipinski definition) is 3. The molecule has 0 atom stereocenters. The molecule has 2 heterocycles. The Morgan fingerprint density at radius 1 is 1.16 bits per heavy atom. The zero-order valence-corrected chi connectivity index (χ0v) is 14.6. The lowest BCUT2D eigenvalue weighted by Gasteiger charge is -2.04. The van der Waals surface area contributed by atoms with Crippen molar-refractivity contribution in [2.24, 2.45) is 0 Å². The minimum Gasteiger partial charge on any atom is -0.307 e. The molecule has 0 saturated heterocycles. The monoisotopic (exact) mass is 351 g/mol. The first-order valence-corrected chi connectivity index (χ1v) is 8.51. The maximum Gasteiger partial charge on any atom is 0.0925 e.